The van der Waals surface area contributed by atoms with Crippen molar-refractivity contribution in [2.75, 3.05) is 49.0 Å². The predicted octanol–water partition coefficient (Wildman–Crippen LogP) is 13.8. The van der Waals surface area contributed by atoms with Crippen molar-refractivity contribution in [1.82, 2.24) is 0 Å². The third-order valence-electron chi connectivity index (χ3n) is 12.0. The van der Waals surface area contributed by atoms with Crippen LogP contribution in [-0.2, 0) is 10.7 Å². The first-order valence-corrected chi connectivity index (χ1v) is 25.1. The molecule has 0 heterocycles. The van der Waals surface area contributed by atoms with E-state index in [0.717, 1.165) is 87.0 Å². The van der Waals surface area contributed by atoms with Gasteiger partial charge in [0.15, 0.2) is 0 Å². The van der Waals surface area contributed by atoms with Crippen LogP contribution in [0, 0.1) is 40.6 Å². The summed E-state index contributed by atoms with van der Waals surface area (Å²) in [5, 5.41) is 44.4. The Morgan fingerprint density at radius 2 is 0.971 bits per heavy atom. The summed E-state index contributed by atoms with van der Waals surface area (Å²) in [7, 11) is -2.66. The lowest BCUT2D eigenvalue weighted by molar-refractivity contribution is 0.112. The van der Waals surface area contributed by atoms with E-state index in [4.69, 9.17) is 6.57 Å². The molecule has 0 saturated heterocycles. The summed E-state index contributed by atoms with van der Waals surface area (Å²) in [6, 6.07) is 49.4. The third-order valence-corrected chi connectivity index (χ3v) is 13.7. The normalized spacial score (nSPS) is 11.2. The van der Waals surface area contributed by atoms with Crippen molar-refractivity contribution < 1.29 is 19.9 Å². The van der Waals surface area contributed by atoms with Crippen molar-refractivity contribution in [3.05, 3.63) is 184 Å². The van der Waals surface area contributed by atoms with Crippen molar-refractivity contribution in [2.24, 2.45) is 0 Å². The van der Waals surface area contributed by atoms with Gasteiger partial charge >= 0.3 is 0 Å². The molecule has 354 valence electrons. The van der Waals surface area contributed by atoms with Gasteiger partial charge in [-0.3, -0.25) is 4.79 Å². The molecule has 8 aromatic rings. The van der Waals surface area contributed by atoms with Crippen LogP contribution < -0.4 is 9.80 Å². The number of aliphatic hydroxyl groups excluding tert-OH is 1. The van der Waals surface area contributed by atoms with E-state index < -0.39 is 7.14 Å². The number of carbonyl (C=O) groups excluding carboxylic acids is 1. The number of fused-ring (bicyclic) bond motifs is 4. The molecule has 3 N–H and O–H groups in total. The molecular weight excluding hydrogens is 888 g/mol. The molecule has 10 nitrogen and oxygen atoms in total. The quantitative estimate of drug-likeness (QED) is 0.0415. The van der Waals surface area contributed by atoms with Gasteiger partial charge in [0.25, 0.3) is 0 Å². The second-order valence-electron chi connectivity index (χ2n) is 16.3. The Hall–Kier alpha value is -8.08. The van der Waals surface area contributed by atoms with E-state index in [-0.39, 0.29) is 25.4 Å². The number of hydrogen-bond acceptors (Lipinski definition) is 8. The molecule has 1 unspecified atom stereocenters. The fourth-order valence-electron chi connectivity index (χ4n) is 8.45. The van der Waals surface area contributed by atoms with Gasteiger partial charge in [-0.15, -0.1) is 0 Å². The Bertz CT molecular complexity index is 3370. The summed E-state index contributed by atoms with van der Waals surface area (Å²) < 4.78 is 12.2. The first kappa shape index (κ1) is 54.5. The highest BCUT2D eigenvalue weighted by molar-refractivity contribution is 7.62. The van der Waals surface area contributed by atoms with E-state index in [1.807, 2.05) is 103 Å². The number of hydrogen-bond donors (Lipinski definition) is 1. The van der Waals surface area contributed by atoms with Crippen LogP contribution in [0.2, 0.25) is 0 Å². The smallest absolute Gasteiger partial charge is 0.202 e. The fourth-order valence-corrected chi connectivity index (χ4v) is 9.52. The summed E-state index contributed by atoms with van der Waals surface area (Å²) in [4.78, 5) is 18.8. The minimum Gasteiger partial charge on any atom is -0.412 e. The van der Waals surface area contributed by atoms with E-state index >= 15 is 0 Å². The van der Waals surface area contributed by atoms with Gasteiger partial charge in [0.05, 0.1) is 29.6 Å². The van der Waals surface area contributed by atoms with Crippen LogP contribution >= 0.6 is 7.14 Å². The number of carbonyl (C=O) groups is 1. The minimum atomic E-state index is -2.66. The first-order valence-electron chi connectivity index (χ1n) is 22.5. The molecule has 0 aliphatic carbocycles. The van der Waals surface area contributed by atoms with Gasteiger partial charge in [-0.25, -0.2) is 4.85 Å². The Morgan fingerprint density at radius 3 is 1.43 bits per heavy atom. The molecule has 0 fully saturated rings. The van der Waals surface area contributed by atoms with Crippen LogP contribution in [-0.4, -0.2) is 56.1 Å². The molecule has 0 aliphatic heterocycles. The van der Waals surface area contributed by atoms with E-state index in [2.05, 4.69) is 97.0 Å². The van der Waals surface area contributed by atoms with Crippen molar-refractivity contribution in [2.45, 2.75) is 41.3 Å². The summed E-state index contributed by atoms with van der Waals surface area (Å²) in [5.74, 6) is 0. The maximum absolute atomic E-state index is 12.2. The van der Waals surface area contributed by atoms with Gasteiger partial charge < -0.3 is 24.9 Å². The summed E-state index contributed by atoms with van der Waals surface area (Å²) in [5.41, 5.74) is 8.32. The summed E-state index contributed by atoms with van der Waals surface area (Å²) in [6.07, 6.45) is 4.92. The second-order valence-corrected chi connectivity index (χ2v) is 19.5. The van der Waals surface area contributed by atoms with Crippen LogP contribution in [0.1, 0.15) is 78.9 Å². The van der Waals surface area contributed by atoms with Crippen LogP contribution in [0.25, 0.3) is 60.1 Å². The molecule has 0 bridgehead atoms. The first-order chi connectivity index (χ1) is 33.0. The Kier molecular flexibility index (Phi) is 19.7. The summed E-state index contributed by atoms with van der Waals surface area (Å²) >= 11 is 0. The Morgan fingerprint density at radius 1 is 0.571 bits per heavy atom. The van der Waals surface area contributed by atoms with Gasteiger partial charge in [-0.1, -0.05) is 111 Å². The lowest BCUT2D eigenvalue weighted by Gasteiger charge is -2.20. The molecule has 11 heteroatoms. The van der Waals surface area contributed by atoms with Crippen molar-refractivity contribution in [3.8, 4) is 18.2 Å². The van der Waals surface area contributed by atoms with Crippen LogP contribution in [0.3, 0.4) is 0 Å². The topological polar surface area (TPSA) is 168 Å². The van der Waals surface area contributed by atoms with Crippen molar-refractivity contribution in [3.63, 3.8) is 0 Å². The summed E-state index contributed by atoms with van der Waals surface area (Å²) in [6.45, 7) is 21.9. The molecule has 70 heavy (non-hydrogen) atoms. The number of aldehydes is 1. The van der Waals surface area contributed by atoms with E-state index in [9.17, 15) is 30.3 Å². The fraction of sp³-hybridized carbons (Fsp3) is 0.203. The van der Waals surface area contributed by atoms with Crippen molar-refractivity contribution >= 4 is 85.7 Å². The molecule has 0 aliphatic rings. The largest absolute Gasteiger partial charge is 0.412 e. The van der Waals surface area contributed by atoms with Crippen LogP contribution in [0.4, 0.5) is 17.1 Å². The highest BCUT2D eigenvalue weighted by atomic mass is 31.2. The Labute approximate surface area is 412 Å². The third kappa shape index (κ3) is 12.1. The SMILES string of the molecule is C.CCN(CC)c1ccc(C=O)cc1.CP(=O)(CO)Cc1ccc2c(C#N)c3ccccc3c(C#N)c2c1.O.[C-]#[N+]c1c2ccccc2c(C#N)c2ccc(C=Cc3ccc(N(CC)CC)cc3)cc12. The molecule has 1 atom stereocenters. The van der Waals surface area contributed by atoms with E-state index in [0.29, 0.717) is 33.2 Å². The Balaban J connectivity index is 0.000000243. The molecule has 8 rings (SSSR count). The van der Waals surface area contributed by atoms with E-state index in [1.54, 1.807) is 12.7 Å². The maximum Gasteiger partial charge on any atom is 0.202 e. The van der Waals surface area contributed by atoms with Gasteiger partial charge in [-0.2, -0.15) is 15.8 Å². The molecule has 8 aromatic carbocycles. The molecule has 0 spiro atoms. The lowest BCUT2D eigenvalue weighted by atomic mass is 9.92. The van der Waals surface area contributed by atoms with Gasteiger partial charge in [0.2, 0.25) is 5.69 Å². The zero-order valence-corrected chi connectivity index (χ0v) is 40.5. The maximum atomic E-state index is 12.2. The number of nitriles is 3. The predicted molar refractivity (Wildman–Crippen MR) is 292 cm³/mol. The van der Waals surface area contributed by atoms with Crippen LogP contribution in [0.5, 0.6) is 0 Å². The number of rotatable bonds is 12. The number of nitrogens with zero attached hydrogens (tertiary/aromatic N) is 6. The molecule has 0 amide bonds. The van der Waals surface area contributed by atoms with Crippen molar-refractivity contribution in [1.29, 1.82) is 15.8 Å². The standard InChI is InChI=1S/C28H23N3.C19H15N2O2P.C11H15NO.CH4.H2O/c1-4-31(5-2)22-15-12-20(13-16-22)10-11-21-14-17-24-26(18-21)28(30-3)25-9-7-6-8-23(25)27(24)19-29;1-24(23,12-22)11-13-6-7-16-17(8-13)19(10-21)15-5-3-2-4-14(15)18(16)9-20;1-3-12(4-2)11-7-5-10(9-13)6-8-11;;/h6-18H,4-5H2,1-2H3;2-8,22H,11-12H2,1H3;5-9H,3-4H2,1-2H3;1H4;1H2. The lowest BCUT2D eigenvalue weighted by Crippen LogP contribution is -2.21. The highest BCUT2D eigenvalue weighted by Crippen LogP contribution is 2.45. The number of benzene rings is 8. The minimum absolute atomic E-state index is 0. The number of aliphatic hydroxyl groups is 1. The second kappa shape index (κ2) is 25.3. The molecule has 0 saturated carbocycles. The average molecular weight is 947 g/mol. The highest BCUT2D eigenvalue weighted by Gasteiger charge is 2.18. The van der Waals surface area contributed by atoms with Gasteiger partial charge in [0, 0.05) is 70.8 Å². The van der Waals surface area contributed by atoms with Gasteiger partial charge in [-0.05, 0) is 115 Å². The molecule has 0 aromatic heterocycles. The van der Waals surface area contributed by atoms with Crippen LogP contribution in [0.15, 0.2) is 133 Å². The van der Waals surface area contributed by atoms with E-state index in [1.165, 1.54) is 11.4 Å². The molecule has 0 radical (unpaired) electrons. The average Bonchev–Trinajstić information content (AvgIpc) is 3.38. The zero-order chi connectivity index (χ0) is 48.8. The zero-order valence-electron chi connectivity index (χ0n) is 39.6. The molecular formula is C59H59N6O4P. The number of anilines is 2. The van der Waals surface area contributed by atoms with Gasteiger partial charge in [0.1, 0.15) is 31.6 Å². The monoisotopic (exact) mass is 946 g/mol.